The van der Waals surface area contributed by atoms with E-state index in [9.17, 15) is 0 Å². The molecule has 0 bridgehead atoms. The number of fused-ring (bicyclic) bond motifs is 2. The molecule has 0 saturated heterocycles. The van der Waals surface area contributed by atoms with Crippen LogP contribution in [0.15, 0.2) is 79.0 Å². The third-order valence-electron chi connectivity index (χ3n) is 3.79. The van der Waals surface area contributed by atoms with Gasteiger partial charge in [-0.3, -0.25) is 9.97 Å². The molecule has 2 aromatic carbocycles. The van der Waals surface area contributed by atoms with Crippen LogP contribution in [-0.2, 0) is 6.42 Å². The molecule has 2 heterocycles. The lowest BCUT2D eigenvalue weighted by molar-refractivity contribution is 0.637. The Hall–Kier alpha value is -2.74. The summed E-state index contributed by atoms with van der Waals surface area (Å²) in [6, 6.07) is 24.6. The first kappa shape index (κ1) is 16.1. The van der Waals surface area contributed by atoms with Crippen molar-refractivity contribution in [2.45, 2.75) is 20.3 Å². The van der Waals surface area contributed by atoms with Crippen molar-refractivity contribution in [2.75, 3.05) is 0 Å². The quantitative estimate of drug-likeness (QED) is 0.476. The molecule has 0 amide bonds. The van der Waals surface area contributed by atoms with Crippen molar-refractivity contribution >= 4 is 21.8 Å². The molecule has 2 heteroatoms. The minimum Gasteiger partial charge on any atom is -0.256 e. The summed E-state index contributed by atoms with van der Waals surface area (Å²) in [7, 11) is 0. The molecule has 0 aliphatic carbocycles. The van der Waals surface area contributed by atoms with Crippen LogP contribution in [0.5, 0.6) is 0 Å². The van der Waals surface area contributed by atoms with Gasteiger partial charge in [0, 0.05) is 22.7 Å². The Labute approximate surface area is 143 Å². The largest absolute Gasteiger partial charge is 0.256 e. The van der Waals surface area contributed by atoms with Crippen molar-refractivity contribution in [1.82, 2.24) is 9.97 Å². The van der Waals surface area contributed by atoms with Crippen LogP contribution in [0.3, 0.4) is 0 Å². The minimum atomic E-state index is 0.670. The van der Waals surface area contributed by atoms with Gasteiger partial charge in [0.15, 0.2) is 0 Å². The zero-order chi connectivity index (χ0) is 16.8. The second-order valence-electron chi connectivity index (χ2n) is 6.29. The van der Waals surface area contributed by atoms with Crippen LogP contribution in [-0.4, -0.2) is 9.97 Å². The summed E-state index contributed by atoms with van der Waals surface area (Å²) in [5.41, 5.74) is 3.36. The molecule has 2 nitrogen and oxygen atoms in total. The molecule has 0 radical (unpaired) electrons. The summed E-state index contributed by atoms with van der Waals surface area (Å²) in [6.45, 7) is 4.44. The van der Waals surface area contributed by atoms with Crippen molar-refractivity contribution in [1.29, 1.82) is 0 Å². The summed E-state index contributed by atoms with van der Waals surface area (Å²) in [4.78, 5) is 8.80. The molecule has 24 heavy (non-hydrogen) atoms. The van der Waals surface area contributed by atoms with E-state index in [0.717, 1.165) is 17.5 Å². The van der Waals surface area contributed by atoms with Crippen molar-refractivity contribution in [2.24, 2.45) is 5.92 Å². The molecule has 0 atom stereocenters. The number of hydrogen-bond donors (Lipinski definition) is 0. The highest BCUT2D eigenvalue weighted by molar-refractivity contribution is 5.78. The Morgan fingerprint density at radius 1 is 0.708 bits per heavy atom. The molecule has 0 aliphatic rings. The Balaban J connectivity index is 0.000000149. The number of para-hydroxylation sites is 2. The van der Waals surface area contributed by atoms with Crippen LogP contribution in [0.2, 0.25) is 0 Å². The SMILES string of the molecule is CC(C)Cc1ccc2ccccc2n1.c1ccc2ncccc2c1. The first-order valence-corrected chi connectivity index (χ1v) is 8.37. The normalized spacial score (nSPS) is 10.6. The number of nitrogens with zero attached hydrogens (tertiary/aromatic N) is 2. The van der Waals surface area contributed by atoms with Gasteiger partial charge in [-0.15, -0.1) is 0 Å². The molecule has 4 rings (SSSR count). The van der Waals surface area contributed by atoms with E-state index in [2.05, 4.69) is 60.2 Å². The molecule has 0 fully saturated rings. The van der Waals surface area contributed by atoms with E-state index in [1.165, 1.54) is 16.5 Å². The number of aromatic nitrogens is 2. The third-order valence-corrected chi connectivity index (χ3v) is 3.79. The van der Waals surface area contributed by atoms with E-state index in [4.69, 9.17) is 0 Å². The Kier molecular flexibility index (Phi) is 5.17. The van der Waals surface area contributed by atoms with Crippen LogP contribution in [0, 0.1) is 5.92 Å². The maximum atomic E-state index is 4.62. The number of pyridine rings is 2. The van der Waals surface area contributed by atoms with Gasteiger partial charge in [-0.2, -0.15) is 0 Å². The van der Waals surface area contributed by atoms with Crippen molar-refractivity contribution in [3.63, 3.8) is 0 Å². The predicted molar refractivity (Wildman–Crippen MR) is 102 cm³/mol. The average Bonchev–Trinajstić information content (AvgIpc) is 2.62. The molecule has 0 saturated carbocycles. The van der Waals surface area contributed by atoms with E-state index < -0.39 is 0 Å². The summed E-state index contributed by atoms with van der Waals surface area (Å²) in [5, 5.41) is 2.42. The van der Waals surface area contributed by atoms with Gasteiger partial charge in [0.05, 0.1) is 11.0 Å². The topological polar surface area (TPSA) is 25.8 Å². The lowest BCUT2D eigenvalue weighted by atomic mass is 10.1. The fourth-order valence-electron chi connectivity index (χ4n) is 2.66. The Bertz CT molecular complexity index is 863. The molecule has 4 aromatic rings. The van der Waals surface area contributed by atoms with Gasteiger partial charge in [-0.05, 0) is 36.6 Å². The molecule has 0 unspecified atom stereocenters. The van der Waals surface area contributed by atoms with E-state index in [0.29, 0.717) is 5.92 Å². The molecular formula is C22H22N2. The standard InChI is InChI=1S/C13H15N.C9H7N/c1-10(2)9-12-8-7-11-5-3-4-6-13(11)14-12;1-2-6-9-8(4-1)5-3-7-10-9/h3-8,10H,9H2,1-2H3;1-7H. The van der Waals surface area contributed by atoms with Gasteiger partial charge in [0.2, 0.25) is 0 Å². The second-order valence-corrected chi connectivity index (χ2v) is 6.29. The monoisotopic (exact) mass is 314 g/mol. The van der Waals surface area contributed by atoms with Gasteiger partial charge in [-0.25, -0.2) is 0 Å². The predicted octanol–water partition coefficient (Wildman–Crippen LogP) is 5.67. The maximum Gasteiger partial charge on any atom is 0.0705 e. The van der Waals surface area contributed by atoms with Crippen molar-refractivity contribution in [3.8, 4) is 0 Å². The van der Waals surface area contributed by atoms with Gasteiger partial charge < -0.3 is 0 Å². The van der Waals surface area contributed by atoms with E-state index >= 15 is 0 Å². The summed E-state index contributed by atoms with van der Waals surface area (Å²) < 4.78 is 0. The fourth-order valence-corrected chi connectivity index (χ4v) is 2.66. The molecule has 120 valence electrons. The van der Waals surface area contributed by atoms with Gasteiger partial charge in [0.1, 0.15) is 0 Å². The lowest BCUT2D eigenvalue weighted by Gasteiger charge is -2.04. The molecule has 0 N–H and O–H groups in total. The summed E-state index contributed by atoms with van der Waals surface area (Å²) in [5.74, 6) is 0.670. The molecular weight excluding hydrogens is 292 g/mol. The van der Waals surface area contributed by atoms with Crippen LogP contribution >= 0.6 is 0 Å². The number of benzene rings is 2. The van der Waals surface area contributed by atoms with Crippen LogP contribution in [0.4, 0.5) is 0 Å². The van der Waals surface area contributed by atoms with Crippen LogP contribution < -0.4 is 0 Å². The molecule has 2 aromatic heterocycles. The average molecular weight is 314 g/mol. The Morgan fingerprint density at radius 2 is 1.33 bits per heavy atom. The third kappa shape index (κ3) is 4.17. The lowest BCUT2D eigenvalue weighted by Crippen LogP contribution is -1.96. The molecule has 0 spiro atoms. The second kappa shape index (κ2) is 7.69. The van der Waals surface area contributed by atoms with Gasteiger partial charge >= 0.3 is 0 Å². The van der Waals surface area contributed by atoms with E-state index in [1.54, 1.807) is 0 Å². The highest BCUT2D eigenvalue weighted by Gasteiger charge is 2.00. The van der Waals surface area contributed by atoms with Crippen LogP contribution in [0.1, 0.15) is 19.5 Å². The van der Waals surface area contributed by atoms with E-state index in [1.807, 2.05) is 42.6 Å². The van der Waals surface area contributed by atoms with Gasteiger partial charge in [-0.1, -0.05) is 62.4 Å². The first-order chi connectivity index (χ1) is 11.7. The van der Waals surface area contributed by atoms with Crippen molar-refractivity contribution in [3.05, 3.63) is 84.7 Å². The molecule has 0 aliphatic heterocycles. The zero-order valence-corrected chi connectivity index (χ0v) is 14.2. The van der Waals surface area contributed by atoms with E-state index in [-0.39, 0.29) is 0 Å². The van der Waals surface area contributed by atoms with Crippen molar-refractivity contribution < 1.29 is 0 Å². The van der Waals surface area contributed by atoms with Gasteiger partial charge in [0.25, 0.3) is 0 Å². The minimum absolute atomic E-state index is 0.670. The maximum absolute atomic E-state index is 4.62. The van der Waals surface area contributed by atoms with Crippen LogP contribution in [0.25, 0.3) is 21.8 Å². The number of hydrogen-bond acceptors (Lipinski definition) is 2. The highest BCUT2D eigenvalue weighted by atomic mass is 14.7. The summed E-state index contributed by atoms with van der Waals surface area (Å²) in [6.07, 6.45) is 2.87. The number of rotatable bonds is 2. The Morgan fingerprint density at radius 3 is 2.04 bits per heavy atom. The fraction of sp³-hybridized carbons (Fsp3) is 0.182. The zero-order valence-electron chi connectivity index (χ0n) is 14.2. The first-order valence-electron chi connectivity index (χ1n) is 8.37. The smallest absolute Gasteiger partial charge is 0.0705 e. The highest BCUT2D eigenvalue weighted by Crippen LogP contribution is 2.13. The summed E-state index contributed by atoms with van der Waals surface area (Å²) >= 11 is 0.